The second-order valence-electron chi connectivity index (χ2n) is 4.54. The Hall–Kier alpha value is -2.28. The summed E-state index contributed by atoms with van der Waals surface area (Å²) in [5.74, 6) is 0.270. The minimum atomic E-state index is -0.527. The lowest BCUT2D eigenvalue weighted by Crippen LogP contribution is -2.11. The predicted octanol–water partition coefficient (Wildman–Crippen LogP) is 3.22. The fourth-order valence-electron chi connectivity index (χ4n) is 2.47. The van der Waals surface area contributed by atoms with E-state index in [0.29, 0.717) is 0 Å². The van der Waals surface area contributed by atoms with Gasteiger partial charge in [-0.05, 0) is 55.0 Å². The minimum absolute atomic E-state index is 0.109. The molecule has 0 amide bonds. The standard InChI is InChI=1S/C16H17NO3/c1-4-20-16(18)15(17-2)14-7-5-6-11-10-12(19-3)8-9-13(11)14/h8-10H,4-7H2,1,3H3. The Balaban J connectivity index is 2.50. The topological polar surface area (TPSA) is 39.9 Å². The number of hydrogen-bond acceptors (Lipinski definition) is 3. The van der Waals surface area contributed by atoms with Crippen LogP contribution < -0.4 is 4.74 Å². The maximum atomic E-state index is 11.9. The van der Waals surface area contributed by atoms with Gasteiger partial charge in [0.05, 0.1) is 20.3 Å². The Morgan fingerprint density at radius 2 is 2.20 bits per heavy atom. The van der Waals surface area contributed by atoms with Gasteiger partial charge < -0.3 is 9.47 Å². The lowest BCUT2D eigenvalue weighted by Gasteiger charge is -2.21. The molecule has 0 aliphatic heterocycles. The molecule has 0 saturated carbocycles. The second-order valence-corrected chi connectivity index (χ2v) is 4.54. The molecular formula is C16H17NO3. The zero-order chi connectivity index (χ0) is 14.5. The van der Waals surface area contributed by atoms with Crippen molar-refractivity contribution in [2.75, 3.05) is 13.7 Å². The summed E-state index contributed by atoms with van der Waals surface area (Å²) in [4.78, 5) is 15.3. The normalized spacial score (nSPS) is 15.8. The van der Waals surface area contributed by atoms with E-state index in [4.69, 9.17) is 16.0 Å². The Kier molecular flexibility index (Phi) is 4.41. The zero-order valence-electron chi connectivity index (χ0n) is 11.7. The van der Waals surface area contributed by atoms with Crippen LogP contribution in [0.3, 0.4) is 0 Å². The maximum Gasteiger partial charge on any atom is 0.336 e. The van der Waals surface area contributed by atoms with Gasteiger partial charge in [0.15, 0.2) is 0 Å². The largest absolute Gasteiger partial charge is 0.497 e. The van der Waals surface area contributed by atoms with Crippen LogP contribution in [0.1, 0.15) is 30.9 Å². The molecule has 1 aromatic rings. The van der Waals surface area contributed by atoms with Gasteiger partial charge in [0.25, 0.3) is 5.70 Å². The summed E-state index contributed by atoms with van der Waals surface area (Å²) in [6, 6.07) is 5.76. The van der Waals surface area contributed by atoms with Crippen molar-refractivity contribution in [1.29, 1.82) is 0 Å². The highest BCUT2D eigenvalue weighted by Gasteiger charge is 2.23. The summed E-state index contributed by atoms with van der Waals surface area (Å²) in [7, 11) is 1.63. The van der Waals surface area contributed by atoms with Crippen LogP contribution in [-0.2, 0) is 16.0 Å². The van der Waals surface area contributed by atoms with Crippen LogP contribution in [0.5, 0.6) is 5.75 Å². The SMILES string of the molecule is [C-]#[N+]C(C(=O)OCC)=C1CCCc2cc(OC)ccc21. The second kappa shape index (κ2) is 6.25. The molecule has 0 aromatic heterocycles. The molecule has 4 heteroatoms. The van der Waals surface area contributed by atoms with Crippen molar-refractivity contribution in [2.24, 2.45) is 0 Å². The average Bonchev–Trinajstić information content (AvgIpc) is 2.48. The van der Waals surface area contributed by atoms with Gasteiger partial charge in [-0.1, -0.05) is 6.07 Å². The van der Waals surface area contributed by atoms with Crippen LogP contribution in [-0.4, -0.2) is 19.7 Å². The predicted molar refractivity (Wildman–Crippen MR) is 76.1 cm³/mol. The molecule has 0 saturated heterocycles. The monoisotopic (exact) mass is 271 g/mol. The lowest BCUT2D eigenvalue weighted by atomic mass is 9.86. The maximum absolute atomic E-state index is 11.9. The van der Waals surface area contributed by atoms with Gasteiger partial charge in [-0.2, -0.15) is 0 Å². The number of allylic oxidation sites excluding steroid dienone is 1. The first-order valence-electron chi connectivity index (χ1n) is 6.66. The highest BCUT2D eigenvalue weighted by molar-refractivity contribution is 6.00. The lowest BCUT2D eigenvalue weighted by molar-refractivity contribution is -0.138. The van der Waals surface area contributed by atoms with Crippen LogP contribution in [0.15, 0.2) is 23.9 Å². The van der Waals surface area contributed by atoms with Gasteiger partial charge in [-0.15, -0.1) is 0 Å². The number of carbonyl (C=O) groups is 1. The number of benzene rings is 1. The van der Waals surface area contributed by atoms with Crippen molar-refractivity contribution in [3.05, 3.63) is 46.4 Å². The van der Waals surface area contributed by atoms with E-state index in [2.05, 4.69) is 4.85 Å². The average molecular weight is 271 g/mol. The van der Waals surface area contributed by atoms with Gasteiger partial charge in [-0.3, -0.25) is 4.79 Å². The number of rotatable bonds is 3. The van der Waals surface area contributed by atoms with E-state index in [1.165, 1.54) is 0 Å². The van der Waals surface area contributed by atoms with Gasteiger partial charge in [-0.25, -0.2) is 4.85 Å². The Labute approximate surface area is 118 Å². The molecule has 0 fully saturated rings. The number of esters is 1. The van der Waals surface area contributed by atoms with Gasteiger partial charge in [0, 0.05) is 0 Å². The zero-order valence-corrected chi connectivity index (χ0v) is 11.7. The molecule has 4 nitrogen and oxygen atoms in total. The smallest absolute Gasteiger partial charge is 0.336 e. The fourth-order valence-corrected chi connectivity index (χ4v) is 2.47. The number of carbonyl (C=O) groups excluding carboxylic acids is 1. The Bertz CT molecular complexity index is 596. The number of aryl methyl sites for hydroxylation is 1. The summed E-state index contributed by atoms with van der Waals surface area (Å²) < 4.78 is 10.2. The number of ether oxygens (including phenoxy) is 2. The number of hydrogen-bond donors (Lipinski definition) is 0. The molecule has 0 bridgehead atoms. The molecular weight excluding hydrogens is 254 g/mol. The number of fused-ring (bicyclic) bond motifs is 1. The van der Waals surface area contributed by atoms with E-state index in [9.17, 15) is 4.79 Å². The van der Waals surface area contributed by atoms with Crippen LogP contribution in [0.2, 0.25) is 0 Å². The third kappa shape index (κ3) is 2.67. The Morgan fingerprint density at radius 3 is 2.85 bits per heavy atom. The fraction of sp³-hybridized carbons (Fsp3) is 0.375. The summed E-state index contributed by atoms with van der Waals surface area (Å²) in [5, 5.41) is 0. The van der Waals surface area contributed by atoms with Crippen molar-refractivity contribution in [3.63, 3.8) is 0 Å². The first kappa shape index (κ1) is 14.1. The molecule has 0 N–H and O–H groups in total. The number of nitrogens with zero attached hydrogens (tertiary/aromatic N) is 1. The summed E-state index contributed by atoms with van der Waals surface area (Å²) in [6.07, 6.45) is 2.59. The van der Waals surface area contributed by atoms with E-state index in [-0.39, 0.29) is 12.3 Å². The summed E-state index contributed by atoms with van der Waals surface area (Å²) >= 11 is 0. The molecule has 1 aliphatic rings. The van der Waals surface area contributed by atoms with Crippen molar-refractivity contribution < 1.29 is 14.3 Å². The minimum Gasteiger partial charge on any atom is -0.497 e. The highest BCUT2D eigenvalue weighted by atomic mass is 16.5. The van der Waals surface area contributed by atoms with E-state index < -0.39 is 5.97 Å². The van der Waals surface area contributed by atoms with Gasteiger partial charge >= 0.3 is 5.97 Å². The van der Waals surface area contributed by atoms with Crippen LogP contribution in [0.25, 0.3) is 10.4 Å². The molecule has 0 atom stereocenters. The third-order valence-electron chi connectivity index (χ3n) is 3.38. The van der Waals surface area contributed by atoms with Crippen LogP contribution in [0.4, 0.5) is 0 Å². The van der Waals surface area contributed by atoms with Crippen LogP contribution >= 0.6 is 0 Å². The van der Waals surface area contributed by atoms with E-state index in [1.807, 2.05) is 18.2 Å². The van der Waals surface area contributed by atoms with Crippen molar-refractivity contribution in [3.8, 4) is 5.75 Å². The molecule has 1 aromatic carbocycles. The molecule has 104 valence electrons. The van der Waals surface area contributed by atoms with Crippen molar-refractivity contribution in [2.45, 2.75) is 26.2 Å². The van der Waals surface area contributed by atoms with Crippen molar-refractivity contribution in [1.82, 2.24) is 0 Å². The molecule has 0 radical (unpaired) electrons. The van der Waals surface area contributed by atoms with E-state index in [1.54, 1.807) is 14.0 Å². The first-order chi connectivity index (χ1) is 9.71. The summed E-state index contributed by atoms with van der Waals surface area (Å²) in [6.45, 7) is 9.28. The van der Waals surface area contributed by atoms with Gasteiger partial charge in [0.2, 0.25) is 0 Å². The first-order valence-corrected chi connectivity index (χ1v) is 6.66. The van der Waals surface area contributed by atoms with E-state index >= 15 is 0 Å². The molecule has 2 rings (SSSR count). The molecule has 0 spiro atoms. The molecule has 20 heavy (non-hydrogen) atoms. The molecule has 1 aliphatic carbocycles. The molecule has 0 heterocycles. The van der Waals surface area contributed by atoms with Gasteiger partial charge in [0.1, 0.15) is 5.75 Å². The molecule has 0 unspecified atom stereocenters. The Morgan fingerprint density at radius 1 is 1.40 bits per heavy atom. The number of methoxy groups -OCH3 is 1. The third-order valence-corrected chi connectivity index (χ3v) is 3.38. The van der Waals surface area contributed by atoms with Crippen LogP contribution in [0, 0.1) is 6.57 Å². The summed E-state index contributed by atoms with van der Waals surface area (Å²) in [5.41, 5.74) is 2.99. The van der Waals surface area contributed by atoms with Crippen molar-refractivity contribution >= 4 is 11.5 Å². The van der Waals surface area contributed by atoms with E-state index in [0.717, 1.165) is 41.7 Å². The highest BCUT2D eigenvalue weighted by Crippen LogP contribution is 2.35. The quantitative estimate of drug-likeness (QED) is 0.481.